The molecule has 5 nitrogen and oxygen atoms in total. The van der Waals surface area contributed by atoms with Gasteiger partial charge in [-0.1, -0.05) is 49.4 Å². The molecule has 1 amide bonds. The van der Waals surface area contributed by atoms with Crippen LogP contribution in [0.15, 0.2) is 77.7 Å². The SMILES string of the molecule is CCc1cccc(OCC(=O)N(c2cc(C)ccc2C)S(=O)(=O)c2ccccc2)c1. The van der Waals surface area contributed by atoms with Gasteiger partial charge >= 0.3 is 0 Å². The summed E-state index contributed by atoms with van der Waals surface area (Å²) in [7, 11) is -4.11. The average molecular weight is 424 g/mol. The second kappa shape index (κ2) is 9.13. The van der Waals surface area contributed by atoms with Gasteiger partial charge in [0.15, 0.2) is 6.61 Å². The minimum Gasteiger partial charge on any atom is -0.484 e. The van der Waals surface area contributed by atoms with Crippen LogP contribution in [0.1, 0.15) is 23.6 Å². The van der Waals surface area contributed by atoms with Crippen LogP contribution in [0, 0.1) is 13.8 Å². The van der Waals surface area contributed by atoms with Crippen LogP contribution in [0.4, 0.5) is 5.69 Å². The lowest BCUT2D eigenvalue weighted by molar-refractivity contribution is -0.119. The Kier molecular flexibility index (Phi) is 6.57. The summed E-state index contributed by atoms with van der Waals surface area (Å²) in [6.07, 6.45) is 0.835. The lowest BCUT2D eigenvalue weighted by atomic mass is 10.1. The van der Waals surface area contributed by atoms with Crippen LogP contribution in [0.2, 0.25) is 0 Å². The fourth-order valence-electron chi connectivity index (χ4n) is 3.09. The standard InChI is InChI=1S/C24H25NO4S/c1-4-20-9-8-10-21(16-20)29-17-24(26)25(23-15-18(2)13-14-19(23)3)30(27,28)22-11-6-5-7-12-22/h5-16H,4,17H2,1-3H3. The number of ether oxygens (including phenoxy) is 1. The molecule has 0 unspecified atom stereocenters. The van der Waals surface area contributed by atoms with Gasteiger partial charge in [0.05, 0.1) is 10.6 Å². The summed E-state index contributed by atoms with van der Waals surface area (Å²) in [4.78, 5) is 13.2. The zero-order chi connectivity index (χ0) is 21.7. The first kappa shape index (κ1) is 21.6. The van der Waals surface area contributed by atoms with E-state index >= 15 is 0 Å². The molecule has 3 aromatic carbocycles. The first-order valence-electron chi connectivity index (χ1n) is 9.75. The van der Waals surface area contributed by atoms with Crippen LogP contribution in [0.5, 0.6) is 5.75 Å². The topological polar surface area (TPSA) is 63.7 Å². The number of rotatable bonds is 7. The van der Waals surface area contributed by atoms with Gasteiger partial charge in [-0.3, -0.25) is 4.79 Å². The molecular formula is C24H25NO4S. The summed E-state index contributed by atoms with van der Waals surface area (Å²) in [5.41, 5.74) is 2.94. The minimum atomic E-state index is -4.11. The number of hydrogen-bond donors (Lipinski definition) is 0. The van der Waals surface area contributed by atoms with Gasteiger partial charge in [0.1, 0.15) is 5.75 Å². The maximum atomic E-state index is 13.4. The Morgan fingerprint density at radius 3 is 2.37 bits per heavy atom. The molecule has 0 saturated heterocycles. The van der Waals surface area contributed by atoms with Crippen LogP contribution < -0.4 is 9.04 Å². The fraction of sp³-hybridized carbons (Fsp3) is 0.208. The molecule has 0 fully saturated rings. The number of carbonyl (C=O) groups is 1. The van der Waals surface area contributed by atoms with E-state index in [-0.39, 0.29) is 4.90 Å². The van der Waals surface area contributed by atoms with Gasteiger partial charge in [-0.05, 0) is 67.3 Å². The van der Waals surface area contributed by atoms with Crippen molar-refractivity contribution in [2.75, 3.05) is 10.9 Å². The monoisotopic (exact) mass is 423 g/mol. The largest absolute Gasteiger partial charge is 0.484 e. The van der Waals surface area contributed by atoms with Crippen molar-refractivity contribution in [1.82, 2.24) is 0 Å². The van der Waals surface area contributed by atoms with E-state index in [0.717, 1.165) is 21.9 Å². The molecule has 0 aliphatic heterocycles. The van der Waals surface area contributed by atoms with E-state index in [9.17, 15) is 13.2 Å². The maximum absolute atomic E-state index is 13.4. The first-order chi connectivity index (χ1) is 14.3. The third-order valence-corrected chi connectivity index (χ3v) is 6.51. The number of carbonyl (C=O) groups excluding carboxylic acids is 1. The number of anilines is 1. The minimum absolute atomic E-state index is 0.0484. The number of nitrogens with zero attached hydrogens (tertiary/aromatic N) is 1. The van der Waals surface area contributed by atoms with E-state index in [4.69, 9.17) is 4.74 Å². The summed E-state index contributed by atoms with van der Waals surface area (Å²) in [5, 5.41) is 0. The highest BCUT2D eigenvalue weighted by Crippen LogP contribution is 2.28. The molecule has 0 N–H and O–H groups in total. The Bertz CT molecular complexity index is 1140. The molecule has 0 heterocycles. The third kappa shape index (κ3) is 4.71. The molecule has 6 heteroatoms. The molecule has 0 spiro atoms. The lowest BCUT2D eigenvalue weighted by Gasteiger charge is -2.24. The molecule has 0 aliphatic rings. The van der Waals surface area contributed by atoms with Crippen LogP contribution in [0.25, 0.3) is 0 Å². The van der Waals surface area contributed by atoms with E-state index in [2.05, 4.69) is 0 Å². The second-order valence-corrected chi connectivity index (χ2v) is 8.84. The summed E-state index contributed by atoms with van der Waals surface area (Å²) in [5.74, 6) is -0.129. The van der Waals surface area contributed by atoms with E-state index in [1.807, 2.05) is 38.1 Å². The summed E-state index contributed by atoms with van der Waals surface area (Å²) in [6, 6.07) is 20.7. The third-order valence-electron chi connectivity index (χ3n) is 4.76. The predicted octanol–water partition coefficient (Wildman–Crippen LogP) is 4.67. The normalized spacial score (nSPS) is 11.2. The Balaban J connectivity index is 1.98. The first-order valence-corrected chi connectivity index (χ1v) is 11.2. The molecule has 0 radical (unpaired) electrons. The number of sulfonamides is 1. The van der Waals surface area contributed by atoms with Gasteiger partial charge in [0.25, 0.3) is 15.9 Å². The molecule has 0 aromatic heterocycles. The highest BCUT2D eigenvalue weighted by atomic mass is 32.2. The Hall–Kier alpha value is -3.12. The Morgan fingerprint density at radius 1 is 0.933 bits per heavy atom. The average Bonchev–Trinajstić information content (AvgIpc) is 2.75. The van der Waals surface area contributed by atoms with Crippen molar-refractivity contribution < 1.29 is 17.9 Å². The Labute approximate surface area is 178 Å². The molecule has 0 bridgehead atoms. The molecule has 30 heavy (non-hydrogen) atoms. The second-order valence-electron chi connectivity index (χ2n) is 7.06. The van der Waals surface area contributed by atoms with Gasteiger partial charge in [-0.25, -0.2) is 8.42 Å². The van der Waals surface area contributed by atoms with Crippen LogP contribution in [0.3, 0.4) is 0 Å². The molecule has 0 aliphatic carbocycles. The summed E-state index contributed by atoms with van der Waals surface area (Å²) in [6.45, 7) is 5.26. The van der Waals surface area contributed by atoms with Crippen molar-refractivity contribution in [1.29, 1.82) is 0 Å². The smallest absolute Gasteiger partial charge is 0.278 e. The molecule has 0 saturated carbocycles. The van der Waals surface area contributed by atoms with E-state index < -0.39 is 22.5 Å². The lowest BCUT2D eigenvalue weighted by Crippen LogP contribution is -2.40. The van der Waals surface area contributed by atoms with Crippen LogP contribution >= 0.6 is 0 Å². The van der Waals surface area contributed by atoms with Gasteiger partial charge in [0.2, 0.25) is 0 Å². The van der Waals surface area contributed by atoms with E-state index in [1.54, 1.807) is 43.3 Å². The predicted molar refractivity (Wildman–Crippen MR) is 118 cm³/mol. The van der Waals surface area contributed by atoms with E-state index in [1.165, 1.54) is 12.1 Å². The van der Waals surface area contributed by atoms with Crippen molar-refractivity contribution in [2.24, 2.45) is 0 Å². The summed E-state index contributed by atoms with van der Waals surface area (Å²) < 4.78 is 33.3. The van der Waals surface area contributed by atoms with Gasteiger partial charge in [0, 0.05) is 0 Å². The molecule has 3 aromatic rings. The zero-order valence-corrected chi connectivity index (χ0v) is 18.1. The molecule has 3 rings (SSSR count). The zero-order valence-electron chi connectivity index (χ0n) is 17.3. The van der Waals surface area contributed by atoms with Crippen molar-refractivity contribution in [2.45, 2.75) is 32.1 Å². The van der Waals surface area contributed by atoms with Crippen molar-refractivity contribution in [3.8, 4) is 5.75 Å². The fourth-order valence-corrected chi connectivity index (χ4v) is 4.58. The molecule has 0 atom stereocenters. The number of benzene rings is 3. The van der Waals surface area contributed by atoms with Gasteiger partial charge in [-0.2, -0.15) is 4.31 Å². The number of hydrogen-bond acceptors (Lipinski definition) is 4. The number of amides is 1. The van der Waals surface area contributed by atoms with Crippen LogP contribution in [-0.4, -0.2) is 20.9 Å². The van der Waals surface area contributed by atoms with Crippen molar-refractivity contribution in [3.05, 3.63) is 89.5 Å². The van der Waals surface area contributed by atoms with Gasteiger partial charge in [-0.15, -0.1) is 0 Å². The summed E-state index contributed by atoms with van der Waals surface area (Å²) >= 11 is 0. The van der Waals surface area contributed by atoms with Crippen LogP contribution in [-0.2, 0) is 21.2 Å². The Morgan fingerprint density at radius 2 is 1.67 bits per heavy atom. The highest BCUT2D eigenvalue weighted by Gasteiger charge is 2.32. The maximum Gasteiger partial charge on any atom is 0.278 e. The highest BCUT2D eigenvalue weighted by molar-refractivity contribution is 7.93. The molecule has 156 valence electrons. The molecular weight excluding hydrogens is 398 g/mol. The van der Waals surface area contributed by atoms with Crippen molar-refractivity contribution in [3.63, 3.8) is 0 Å². The quantitative estimate of drug-likeness (QED) is 0.554. The van der Waals surface area contributed by atoms with Gasteiger partial charge < -0.3 is 4.74 Å². The number of aryl methyl sites for hydroxylation is 3. The van der Waals surface area contributed by atoms with Crippen molar-refractivity contribution >= 4 is 21.6 Å². The van der Waals surface area contributed by atoms with E-state index in [0.29, 0.717) is 17.0 Å².